The lowest BCUT2D eigenvalue weighted by molar-refractivity contribution is 0.799. The molecule has 130 valence electrons. The summed E-state index contributed by atoms with van der Waals surface area (Å²) < 4.78 is 1.12. The van der Waals surface area contributed by atoms with Crippen LogP contribution in [-0.4, -0.2) is 35.4 Å². The second-order valence-corrected chi connectivity index (χ2v) is 8.01. The molecule has 1 aliphatic rings. The lowest BCUT2D eigenvalue weighted by Crippen LogP contribution is -2.26. The van der Waals surface area contributed by atoms with Gasteiger partial charge < -0.3 is 16.0 Å². The lowest BCUT2D eigenvalue weighted by Gasteiger charge is -2.21. The molecule has 0 bridgehead atoms. The zero-order chi connectivity index (χ0) is 17.1. The molecule has 3 N–H and O–H groups in total. The van der Waals surface area contributed by atoms with Gasteiger partial charge in [-0.05, 0) is 36.0 Å². The molecule has 0 atom stereocenters. The predicted octanol–water partition coefficient (Wildman–Crippen LogP) is 3.56. The van der Waals surface area contributed by atoms with E-state index in [-0.39, 0.29) is 0 Å². The van der Waals surface area contributed by atoms with E-state index < -0.39 is 0 Å². The maximum Gasteiger partial charge on any atom is 0.228 e. The van der Waals surface area contributed by atoms with Crippen molar-refractivity contribution in [2.75, 3.05) is 35.6 Å². The Hall–Kier alpha value is -1.83. The first-order valence-corrected chi connectivity index (χ1v) is 10.4. The highest BCUT2D eigenvalue weighted by Crippen LogP contribution is 2.32. The van der Waals surface area contributed by atoms with Crippen molar-refractivity contribution < 1.29 is 0 Å². The molecule has 0 saturated carbocycles. The van der Waals surface area contributed by atoms with Crippen LogP contribution in [0.25, 0.3) is 10.2 Å². The van der Waals surface area contributed by atoms with Gasteiger partial charge in [-0.3, -0.25) is 0 Å². The van der Waals surface area contributed by atoms with Crippen LogP contribution in [0.1, 0.15) is 12.0 Å². The highest BCUT2D eigenvalue weighted by Gasteiger charge is 2.19. The van der Waals surface area contributed by atoms with Gasteiger partial charge >= 0.3 is 0 Å². The second kappa shape index (κ2) is 7.59. The number of fused-ring (bicyclic) bond motifs is 2. The average molecular weight is 372 g/mol. The van der Waals surface area contributed by atoms with E-state index in [1.54, 1.807) is 11.3 Å². The summed E-state index contributed by atoms with van der Waals surface area (Å²) in [6, 6.07) is 10.7. The number of nitrogens with one attached hydrogen (secondary N) is 1. The fourth-order valence-electron chi connectivity index (χ4n) is 2.92. The second-order valence-electron chi connectivity index (χ2n) is 5.95. The van der Waals surface area contributed by atoms with Crippen LogP contribution in [0, 0.1) is 0 Å². The summed E-state index contributed by atoms with van der Waals surface area (Å²) in [5.41, 5.74) is 7.97. The van der Waals surface area contributed by atoms with Crippen LogP contribution in [0.3, 0.4) is 0 Å². The first kappa shape index (κ1) is 16.6. The molecule has 0 spiro atoms. The molecule has 4 rings (SSSR count). The van der Waals surface area contributed by atoms with Crippen LogP contribution in [0.2, 0.25) is 0 Å². The van der Waals surface area contributed by atoms with E-state index >= 15 is 0 Å². The maximum atomic E-state index is 5.61. The Morgan fingerprint density at radius 3 is 3.04 bits per heavy atom. The Morgan fingerprint density at radius 1 is 1.20 bits per heavy atom. The summed E-state index contributed by atoms with van der Waals surface area (Å²) in [7, 11) is 0. The smallest absolute Gasteiger partial charge is 0.228 e. The zero-order valence-corrected chi connectivity index (χ0v) is 15.6. The van der Waals surface area contributed by atoms with E-state index in [1.165, 1.54) is 10.5 Å². The Morgan fingerprint density at radius 2 is 2.12 bits per heavy atom. The van der Waals surface area contributed by atoms with Gasteiger partial charge in [0.05, 0.1) is 10.2 Å². The molecule has 0 saturated heterocycles. The first-order chi connectivity index (χ1) is 12.3. The Kier molecular flexibility index (Phi) is 5.05. The Labute approximate surface area is 155 Å². The molecule has 0 amide bonds. The number of benzene rings is 1. The van der Waals surface area contributed by atoms with Gasteiger partial charge in [0.1, 0.15) is 5.82 Å². The third-order valence-electron chi connectivity index (χ3n) is 4.20. The molecule has 0 aliphatic carbocycles. The monoisotopic (exact) mass is 371 g/mol. The van der Waals surface area contributed by atoms with E-state index in [0.29, 0.717) is 6.54 Å². The lowest BCUT2D eigenvalue weighted by atomic mass is 10.2. The SMILES string of the molecule is NCCCNc1nc(N2CCSc3ccccc3C2)nc2ccsc12. The van der Waals surface area contributed by atoms with Gasteiger partial charge in [-0.25, -0.2) is 4.98 Å². The van der Waals surface area contributed by atoms with Crippen molar-refractivity contribution in [3.05, 3.63) is 41.3 Å². The Balaban J connectivity index is 1.66. The number of nitrogens with zero attached hydrogens (tertiary/aromatic N) is 3. The van der Waals surface area contributed by atoms with Gasteiger partial charge in [-0.15, -0.1) is 23.1 Å². The number of thioether (sulfide) groups is 1. The van der Waals surface area contributed by atoms with Crippen molar-refractivity contribution in [2.24, 2.45) is 5.73 Å². The average Bonchev–Trinajstić information content (AvgIpc) is 3.00. The van der Waals surface area contributed by atoms with Crippen molar-refractivity contribution in [3.63, 3.8) is 0 Å². The topological polar surface area (TPSA) is 67.1 Å². The van der Waals surface area contributed by atoms with Gasteiger partial charge in [0.15, 0.2) is 0 Å². The minimum absolute atomic E-state index is 0.679. The number of anilines is 2. The molecule has 5 nitrogen and oxygen atoms in total. The van der Waals surface area contributed by atoms with Crippen molar-refractivity contribution >= 4 is 45.1 Å². The molecule has 0 fully saturated rings. The van der Waals surface area contributed by atoms with Gasteiger partial charge in [0.2, 0.25) is 5.95 Å². The van der Waals surface area contributed by atoms with Crippen molar-refractivity contribution in [1.29, 1.82) is 0 Å². The standard InChI is InChI=1S/C18H21N5S2/c19-7-3-8-20-17-16-14(6-10-25-16)21-18(22-17)23-9-11-24-15-5-2-1-4-13(15)12-23/h1-2,4-6,10H,3,7-9,11-12,19H2,(H,20,21,22). The number of rotatable bonds is 5. The summed E-state index contributed by atoms with van der Waals surface area (Å²) in [6.45, 7) is 3.30. The highest BCUT2D eigenvalue weighted by molar-refractivity contribution is 7.99. The minimum Gasteiger partial charge on any atom is -0.369 e. The van der Waals surface area contributed by atoms with Crippen LogP contribution in [0.4, 0.5) is 11.8 Å². The molecular formula is C18H21N5S2. The maximum absolute atomic E-state index is 5.61. The highest BCUT2D eigenvalue weighted by atomic mass is 32.2. The third-order valence-corrected chi connectivity index (χ3v) is 6.21. The summed E-state index contributed by atoms with van der Waals surface area (Å²) >= 11 is 3.59. The van der Waals surface area contributed by atoms with Gasteiger partial charge in [-0.1, -0.05) is 18.2 Å². The quantitative estimate of drug-likeness (QED) is 0.669. The molecule has 3 heterocycles. The molecular weight excluding hydrogens is 350 g/mol. The fraction of sp³-hybridized carbons (Fsp3) is 0.333. The summed E-state index contributed by atoms with van der Waals surface area (Å²) in [6.07, 6.45) is 0.930. The molecule has 0 unspecified atom stereocenters. The Bertz CT molecular complexity index is 864. The van der Waals surface area contributed by atoms with Crippen molar-refractivity contribution in [1.82, 2.24) is 9.97 Å². The summed E-state index contributed by atoms with van der Waals surface area (Å²) in [5, 5.41) is 5.51. The van der Waals surface area contributed by atoms with E-state index in [1.807, 2.05) is 11.8 Å². The number of aromatic nitrogens is 2. The predicted molar refractivity (Wildman–Crippen MR) is 108 cm³/mol. The van der Waals surface area contributed by atoms with Gasteiger partial charge in [-0.2, -0.15) is 4.98 Å². The normalized spacial score (nSPS) is 14.4. The molecule has 7 heteroatoms. The van der Waals surface area contributed by atoms with Crippen LogP contribution in [0.15, 0.2) is 40.6 Å². The van der Waals surface area contributed by atoms with Crippen LogP contribution < -0.4 is 16.0 Å². The third kappa shape index (κ3) is 3.58. The molecule has 0 radical (unpaired) electrons. The molecule has 25 heavy (non-hydrogen) atoms. The zero-order valence-electron chi connectivity index (χ0n) is 13.9. The van der Waals surface area contributed by atoms with Gasteiger partial charge in [0, 0.05) is 30.3 Å². The van der Waals surface area contributed by atoms with E-state index in [4.69, 9.17) is 15.7 Å². The number of hydrogen-bond acceptors (Lipinski definition) is 7. The van der Waals surface area contributed by atoms with E-state index in [2.05, 4.69) is 45.9 Å². The van der Waals surface area contributed by atoms with Crippen molar-refractivity contribution in [3.8, 4) is 0 Å². The number of nitrogens with two attached hydrogens (primary N) is 1. The summed E-state index contributed by atoms with van der Waals surface area (Å²) in [4.78, 5) is 13.3. The molecule has 3 aromatic rings. The number of thiophene rings is 1. The minimum atomic E-state index is 0.679. The van der Waals surface area contributed by atoms with Crippen LogP contribution >= 0.6 is 23.1 Å². The molecule has 2 aromatic heterocycles. The largest absolute Gasteiger partial charge is 0.369 e. The van der Waals surface area contributed by atoms with Gasteiger partial charge in [0.25, 0.3) is 0 Å². The molecule has 1 aromatic carbocycles. The first-order valence-electron chi connectivity index (χ1n) is 8.50. The van der Waals surface area contributed by atoms with Crippen molar-refractivity contribution in [2.45, 2.75) is 17.9 Å². The van der Waals surface area contributed by atoms with Crippen LogP contribution in [-0.2, 0) is 6.54 Å². The summed E-state index contributed by atoms with van der Waals surface area (Å²) in [5.74, 6) is 2.77. The number of hydrogen-bond donors (Lipinski definition) is 2. The molecule has 1 aliphatic heterocycles. The van der Waals surface area contributed by atoms with E-state index in [0.717, 1.165) is 53.8 Å². The van der Waals surface area contributed by atoms with E-state index in [9.17, 15) is 0 Å². The van der Waals surface area contributed by atoms with Crippen LogP contribution in [0.5, 0.6) is 0 Å². The fourth-order valence-corrected chi connectivity index (χ4v) is 4.74.